The van der Waals surface area contributed by atoms with Crippen LogP contribution < -0.4 is 5.32 Å². The van der Waals surface area contributed by atoms with E-state index in [1.165, 1.54) is 0 Å². The van der Waals surface area contributed by atoms with Gasteiger partial charge in [-0.2, -0.15) is 0 Å². The number of nitrogens with zero attached hydrogens (tertiary/aromatic N) is 1. The highest BCUT2D eigenvalue weighted by Crippen LogP contribution is 2.28. The number of imide groups is 1. The van der Waals surface area contributed by atoms with E-state index < -0.39 is 5.97 Å². The van der Waals surface area contributed by atoms with Gasteiger partial charge in [-0.25, -0.2) is 0 Å². The quantitative estimate of drug-likeness (QED) is 0.566. The average molecular weight is 212 g/mol. The van der Waals surface area contributed by atoms with Gasteiger partial charge in [-0.1, -0.05) is 0 Å². The normalized spacial score (nSPS) is 30.4. The fourth-order valence-corrected chi connectivity index (χ4v) is 2.16. The third-order valence-corrected chi connectivity index (χ3v) is 2.96. The Balaban J connectivity index is 1.92. The van der Waals surface area contributed by atoms with Gasteiger partial charge in [0.2, 0.25) is 11.8 Å². The van der Waals surface area contributed by atoms with E-state index in [9.17, 15) is 14.4 Å². The SMILES string of the molecule is O=C(O)CCN1C[C@H]2C(=O)NC(=O)[C@@H]2C1. The number of likely N-dealkylation sites (tertiary alicyclic amines) is 1. The topological polar surface area (TPSA) is 86.7 Å². The maximum absolute atomic E-state index is 11.3. The number of amides is 2. The summed E-state index contributed by atoms with van der Waals surface area (Å²) in [4.78, 5) is 34.8. The van der Waals surface area contributed by atoms with Crippen molar-refractivity contribution in [2.45, 2.75) is 6.42 Å². The fraction of sp³-hybridized carbons (Fsp3) is 0.667. The number of nitrogens with one attached hydrogen (secondary N) is 1. The Morgan fingerprint density at radius 2 is 1.87 bits per heavy atom. The molecule has 2 amide bonds. The molecule has 2 aliphatic rings. The molecule has 6 heteroatoms. The maximum Gasteiger partial charge on any atom is 0.304 e. The Labute approximate surface area is 86.2 Å². The van der Waals surface area contributed by atoms with Crippen molar-refractivity contribution >= 4 is 17.8 Å². The zero-order valence-electron chi connectivity index (χ0n) is 8.10. The number of rotatable bonds is 3. The van der Waals surface area contributed by atoms with E-state index in [0.29, 0.717) is 19.6 Å². The van der Waals surface area contributed by atoms with Gasteiger partial charge in [0.1, 0.15) is 0 Å². The molecular formula is C9H12N2O4. The first-order valence-corrected chi connectivity index (χ1v) is 4.87. The summed E-state index contributed by atoms with van der Waals surface area (Å²) < 4.78 is 0. The Hall–Kier alpha value is -1.43. The molecule has 2 N–H and O–H groups in total. The molecule has 0 radical (unpaired) electrons. The van der Waals surface area contributed by atoms with Crippen LogP contribution in [0.3, 0.4) is 0 Å². The molecule has 2 atom stereocenters. The third-order valence-electron chi connectivity index (χ3n) is 2.96. The molecule has 0 aromatic heterocycles. The molecule has 2 heterocycles. The molecular weight excluding hydrogens is 200 g/mol. The Morgan fingerprint density at radius 1 is 1.33 bits per heavy atom. The van der Waals surface area contributed by atoms with Gasteiger partial charge in [-0.3, -0.25) is 19.7 Å². The number of fused-ring (bicyclic) bond motifs is 1. The van der Waals surface area contributed by atoms with Gasteiger partial charge in [0.25, 0.3) is 0 Å². The lowest BCUT2D eigenvalue weighted by atomic mass is 10.00. The highest BCUT2D eigenvalue weighted by atomic mass is 16.4. The first kappa shape index (κ1) is 10.1. The molecule has 0 spiro atoms. The summed E-state index contributed by atoms with van der Waals surface area (Å²) in [6.45, 7) is 1.40. The Kier molecular flexibility index (Phi) is 2.44. The number of hydrogen-bond acceptors (Lipinski definition) is 4. The first-order valence-electron chi connectivity index (χ1n) is 4.87. The van der Waals surface area contributed by atoms with Crippen LogP contribution in [0, 0.1) is 11.8 Å². The molecule has 2 rings (SSSR count). The summed E-state index contributed by atoms with van der Waals surface area (Å²) in [5, 5.41) is 10.8. The van der Waals surface area contributed by atoms with Crippen LogP contribution in [0.2, 0.25) is 0 Å². The zero-order valence-corrected chi connectivity index (χ0v) is 8.10. The van der Waals surface area contributed by atoms with Crippen LogP contribution >= 0.6 is 0 Å². The van der Waals surface area contributed by atoms with E-state index in [1.54, 1.807) is 0 Å². The standard InChI is InChI=1S/C9H12N2O4/c12-7(13)1-2-11-3-5-6(4-11)9(15)10-8(5)14/h5-6H,1-4H2,(H,12,13)(H,10,14,15)/t5-,6-/m1/s1. The van der Waals surface area contributed by atoms with Gasteiger partial charge in [-0.15, -0.1) is 0 Å². The lowest BCUT2D eigenvalue weighted by molar-refractivity contribution is -0.137. The monoisotopic (exact) mass is 212 g/mol. The van der Waals surface area contributed by atoms with Crippen molar-refractivity contribution in [2.75, 3.05) is 19.6 Å². The van der Waals surface area contributed by atoms with E-state index in [4.69, 9.17) is 5.11 Å². The molecule has 0 aromatic rings. The van der Waals surface area contributed by atoms with Crippen LogP contribution in [-0.4, -0.2) is 47.4 Å². The van der Waals surface area contributed by atoms with E-state index >= 15 is 0 Å². The van der Waals surface area contributed by atoms with Crippen LogP contribution in [0.4, 0.5) is 0 Å². The van der Waals surface area contributed by atoms with Crippen LogP contribution in [0.15, 0.2) is 0 Å². The molecule has 2 saturated heterocycles. The number of hydrogen-bond donors (Lipinski definition) is 2. The predicted molar refractivity (Wildman–Crippen MR) is 48.8 cm³/mol. The summed E-state index contributed by atoms with van der Waals surface area (Å²) in [5.41, 5.74) is 0. The predicted octanol–water partition coefficient (Wildman–Crippen LogP) is -1.33. The molecule has 0 aromatic carbocycles. The van der Waals surface area contributed by atoms with Gasteiger partial charge in [0, 0.05) is 19.6 Å². The molecule has 0 bridgehead atoms. The molecule has 2 fully saturated rings. The second kappa shape index (κ2) is 3.62. The molecule has 82 valence electrons. The summed E-state index contributed by atoms with van der Waals surface area (Å²) in [7, 11) is 0. The number of carboxylic acid groups (broad SMARTS) is 1. The minimum atomic E-state index is -0.858. The second-order valence-electron chi connectivity index (χ2n) is 3.97. The van der Waals surface area contributed by atoms with Gasteiger partial charge < -0.3 is 10.0 Å². The zero-order chi connectivity index (χ0) is 11.0. The van der Waals surface area contributed by atoms with Crippen molar-refractivity contribution in [3.8, 4) is 0 Å². The van der Waals surface area contributed by atoms with Gasteiger partial charge in [-0.05, 0) is 0 Å². The summed E-state index contributed by atoms with van der Waals surface area (Å²) in [5.74, 6) is -1.84. The highest BCUT2D eigenvalue weighted by molar-refractivity contribution is 6.05. The van der Waals surface area contributed by atoms with Gasteiger partial charge in [0.15, 0.2) is 0 Å². The lowest BCUT2D eigenvalue weighted by Crippen LogP contribution is -2.32. The average Bonchev–Trinajstić information content (AvgIpc) is 2.66. The molecule has 0 aliphatic carbocycles. The highest BCUT2D eigenvalue weighted by Gasteiger charge is 2.47. The number of carbonyl (C=O) groups excluding carboxylic acids is 2. The van der Waals surface area contributed by atoms with E-state index in [-0.39, 0.29) is 30.1 Å². The largest absolute Gasteiger partial charge is 0.481 e. The Morgan fingerprint density at radius 3 is 2.33 bits per heavy atom. The second-order valence-corrected chi connectivity index (χ2v) is 3.97. The Bertz CT molecular complexity index is 306. The van der Waals surface area contributed by atoms with Crippen molar-refractivity contribution in [3.63, 3.8) is 0 Å². The van der Waals surface area contributed by atoms with Crippen LogP contribution in [0.25, 0.3) is 0 Å². The van der Waals surface area contributed by atoms with E-state index in [0.717, 1.165) is 0 Å². The van der Waals surface area contributed by atoms with Crippen molar-refractivity contribution < 1.29 is 19.5 Å². The van der Waals surface area contributed by atoms with Gasteiger partial charge >= 0.3 is 5.97 Å². The first-order chi connectivity index (χ1) is 7.08. The van der Waals surface area contributed by atoms with Crippen molar-refractivity contribution in [1.29, 1.82) is 0 Å². The molecule has 0 unspecified atom stereocenters. The summed E-state index contributed by atoms with van der Waals surface area (Å²) >= 11 is 0. The van der Waals surface area contributed by atoms with Crippen molar-refractivity contribution in [2.24, 2.45) is 11.8 Å². The third kappa shape index (κ3) is 1.85. The van der Waals surface area contributed by atoms with Gasteiger partial charge in [0.05, 0.1) is 18.3 Å². The van der Waals surface area contributed by atoms with Crippen LogP contribution in [0.5, 0.6) is 0 Å². The summed E-state index contributed by atoms with van der Waals surface area (Å²) in [6.07, 6.45) is 0.0508. The van der Waals surface area contributed by atoms with Crippen molar-refractivity contribution in [3.05, 3.63) is 0 Å². The van der Waals surface area contributed by atoms with Crippen LogP contribution in [0.1, 0.15) is 6.42 Å². The maximum atomic E-state index is 11.3. The minimum Gasteiger partial charge on any atom is -0.481 e. The lowest BCUT2D eigenvalue weighted by Gasteiger charge is -2.14. The molecule has 6 nitrogen and oxygen atoms in total. The molecule has 0 saturated carbocycles. The van der Waals surface area contributed by atoms with Crippen LogP contribution in [-0.2, 0) is 14.4 Å². The fourth-order valence-electron chi connectivity index (χ4n) is 2.16. The molecule has 15 heavy (non-hydrogen) atoms. The number of carboxylic acids is 1. The van der Waals surface area contributed by atoms with E-state index in [1.807, 2.05) is 4.90 Å². The molecule has 2 aliphatic heterocycles. The van der Waals surface area contributed by atoms with Crippen molar-refractivity contribution in [1.82, 2.24) is 10.2 Å². The minimum absolute atomic E-state index is 0.0508. The summed E-state index contributed by atoms with van der Waals surface area (Å²) in [6, 6.07) is 0. The smallest absolute Gasteiger partial charge is 0.304 e. The van der Waals surface area contributed by atoms with E-state index in [2.05, 4.69) is 5.32 Å². The number of aliphatic carboxylic acids is 1. The number of carbonyl (C=O) groups is 3.